The minimum atomic E-state index is 0.856. The molecular formula is C7H5ClS. The maximum atomic E-state index is 5.74. The zero-order chi connectivity index (χ0) is 6.27. The summed E-state index contributed by atoms with van der Waals surface area (Å²) in [5, 5.41) is 0.856. The van der Waals surface area contributed by atoms with Gasteiger partial charge >= 0.3 is 0 Å². The first-order chi connectivity index (χ1) is 4.36. The SMILES string of the molecule is Clc1ccc2c(c1)CS2. The second kappa shape index (κ2) is 1.93. The van der Waals surface area contributed by atoms with E-state index in [1.165, 1.54) is 10.5 Å². The maximum Gasteiger partial charge on any atom is 0.0409 e. The van der Waals surface area contributed by atoms with Crippen molar-refractivity contribution in [2.24, 2.45) is 0 Å². The quantitative estimate of drug-likeness (QED) is 0.557. The predicted molar refractivity (Wildman–Crippen MR) is 41.0 cm³/mol. The Balaban J connectivity index is 2.57. The van der Waals surface area contributed by atoms with Gasteiger partial charge in [0.15, 0.2) is 0 Å². The highest BCUT2D eigenvalue weighted by Crippen LogP contribution is 2.38. The summed E-state index contributed by atoms with van der Waals surface area (Å²) in [5.41, 5.74) is 1.40. The minimum Gasteiger partial charge on any atom is -0.121 e. The Bertz CT molecular complexity index is 245. The summed E-state index contributed by atoms with van der Waals surface area (Å²) in [7, 11) is 0. The Hall–Kier alpha value is -0.140. The molecule has 0 radical (unpaired) electrons. The highest BCUT2D eigenvalue weighted by Gasteiger charge is 2.12. The van der Waals surface area contributed by atoms with E-state index >= 15 is 0 Å². The van der Waals surface area contributed by atoms with Gasteiger partial charge in [0, 0.05) is 15.7 Å². The fourth-order valence-corrected chi connectivity index (χ4v) is 1.86. The molecule has 0 aromatic heterocycles. The molecule has 0 saturated carbocycles. The van der Waals surface area contributed by atoms with Gasteiger partial charge in [-0.25, -0.2) is 0 Å². The van der Waals surface area contributed by atoms with E-state index in [9.17, 15) is 0 Å². The zero-order valence-corrected chi connectivity index (χ0v) is 6.30. The van der Waals surface area contributed by atoms with Crippen molar-refractivity contribution in [1.82, 2.24) is 0 Å². The molecule has 1 aliphatic rings. The molecule has 2 rings (SSSR count). The second-order valence-corrected chi connectivity index (χ2v) is 3.49. The normalized spacial score (nSPS) is 14.3. The van der Waals surface area contributed by atoms with Gasteiger partial charge in [-0.15, -0.1) is 11.8 Å². The van der Waals surface area contributed by atoms with Gasteiger partial charge < -0.3 is 0 Å². The van der Waals surface area contributed by atoms with Crippen LogP contribution in [0.4, 0.5) is 0 Å². The number of fused-ring (bicyclic) bond motifs is 1. The van der Waals surface area contributed by atoms with Crippen molar-refractivity contribution >= 4 is 23.4 Å². The van der Waals surface area contributed by atoms with Crippen LogP contribution in [0.15, 0.2) is 23.1 Å². The summed E-state index contributed by atoms with van der Waals surface area (Å²) in [6.07, 6.45) is 0. The third-order valence-corrected chi connectivity index (χ3v) is 2.81. The van der Waals surface area contributed by atoms with Crippen LogP contribution in [-0.4, -0.2) is 0 Å². The number of hydrogen-bond donors (Lipinski definition) is 0. The smallest absolute Gasteiger partial charge is 0.0409 e. The lowest BCUT2D eigenvalue weighted by Crippen LogP contribution is -1.94. The number of thioether (sulfide) groups is 1. The third kappa shape index (κ3) is 0.846. The van der Waals surface area contributed by atoms with Gasteiger partial charge in [-0.1, -0.05) is 11.6 Å². The van der Waals surface area contributed by atoms with Crippen LogP contribution in [0.25, 0.3) is 0 Å². The van der Waals surface area contributed by atoms with Crippen LogP contribution in [0.2, 0.25) is 5.02 Å². The molecule has 0 fully saturated rings. The van der Waals surface area contributed by atoms with E-state index in [1.54, 1.807) is 0 Å². The zero-order valence-electron chi connectivity index (χ0n) is 4.73. The van der Waals surface area contributed by atoms with Crippen molar-refractivity contribution in [3.63, 3.8) is 0 Å². The van der Waals surface area contributed by atoms with Crippen molar-refractivity contribution in [3.8, 4) is 0 Å². The van der Waals surface area contributed by atoms with Crippen LogP contribution in [0.5, 0.6) is 0 Å². The fraction of sp³-hybridized carbons (Fsp3) is 0.143. The average Bonchev–Trinajstić information content (AvgIpc) is 1.78. The lowest BCUT2D eigenvalue weighted by Gasteiger charge is -2.16. The highest BCUT2D eigenvalue weighted by atomic mass is 35.5. The molecule has 0 N–H and O–H groups in total. The number of rotatable bonds is 0. The van der Waals surface area contributed by atoms with E-state index in [1.807, 2.05) is 23.9 Å². The Morgan fingerprint density at radius 1 is 1.44 bits per heavy atom. The van der Waals surface area contributed by atoms with E-state index in [-0.39, 0.29) is 0 Å². The molecule has 0 unspecified atom stereocenters. The summed E-state index contributed by atoms with van der Waals surface area (Å²) in [5.74, 6) is 1.13. The van der Waals surface area contributed by atoms with E-state index < -0.39 is 0 Å². The fourth-order valence-electron chi connectivity index (χ4n) is 0.877. The number of hydrogen-bond acceptors (Lipinski definition) is 1. The van der Waals surface area contributed by atoms with Crippen LogP contribution < -0.4 is 0 Å². The van der Waals surface area contributed by atoms with Gasteiger partial charge in [-0.05, 0) is 23.8 Å². The van der Waals surface area contributed by atoms with Crippen LogP contribution in [0.3, 0.4) is 0 Å². The molecule has 0 saturated heterocycles. The molecule has 1 aromatic rings. The van der Waals surface area contributed by atoms with Crippen molar-refractivity contribution in [2.45, 2.75) is 10.6 Å². The van der Waals surface area contributed by atoms with Crippen LogP contribution in [0, 0.1) is 0 Å². The Kier molecular flexibility index (Phi) is 1.20. The van der Waals surface area contributed by atoms with Crippen molar-refractivity contribution < 1.29 is 0 Å². The maximum absolute atomic E-state index is 5.74. The van der Waals surface area contributed by atoms with E-state index in [0.29, 0.717) is 0 Å². The lowest BCUT2D eigenvalue weighted by molar-refractivity contribution is 1.20. The van der Waals surface area contributed by atoms with Gasteiger partial charge in [0.25, 0.3) is 0 Å². The van der Waals surface area contributed by atoms with Gasteiger partial charge in [-0.2, -0.15) is 0 Å². The summed E-state index contributed by atoms with van der Waals surface area (Å²) < 4.78 is 0. The van der Waals surface area contributed by atoms with Crippen LogP contribution in [0.1, 0.15) is 5.56 Å². The summed E-state index contributed by atoms with van der Waals surface area (Å²) >= 11 is 7.62. The molecule has 2 heteroatoms. The van der Waals surface area contributed by atoms with Gasteiger partial charge in [0.1, 0.15) is 0 Å². The molecule has 0 spiro atoms. The molecule has 1 heterocycles. The molecule has 0 nitrogen and oxygen atoms in total. The molecule has 0 amide bonds. The molecule has 1 aliphatic heterocycles. The Labute approximate surface area is 63.2 Å². The van der Waals surface area contributed by atoms with Gasteiger partial charge in [0.2, 0.25) is 0 Å². The monoisotopic (exact) mass is 156 g/mol. The highest BCUT2D eigenvalue weighted by molar-refractivity contribution is 7.99. The molecule has 1 aromatic carbocycles. The second-order valence-electron chi connectivity index (χ2n) is 2.04. The summed E-state index contributed by atoms with van der Waals surface area (Å²) in [6.45, 7) is 0. The van der Waals surface area contributed by atoms with Crippen molar-refractivity contribution in [1.29, 1.82) is 0 Å². The topological polar surface area (TPSA) is 0 Å². The standard InChI is InChI=1S/C7H5ClS/c8-6-1-2-7-5(3-6)4-9-7/h1-3H,4H2. The minimum absolute atomic E-state index is 0.856. The van der Waals surface area contributed by atoms with E-state index in [4.69, 9.17) is 11.6 Å². The summed E-state index contributed by atoms with van der Waals surface area (Å²) in [4.78, 5) is 1.39. The Morgan fingerprint density at radius 2 is 2.33 bits per heavy atom. The van der Waals surface area contributed by atoms with Gasteiger partial charge in [0.05, 0.1) is 0 Å². The first kappa shape index (κ1) is 5.63. The molecule has 46 valence electrons. The molecule has 0 bridgehead atoms. The van der Waals surface area contributed by atoms with Crippen molar-refractivity contribution in [3.05, 3.63) is 28.8 Å². The number of benzene rings is 1. The molecular weight excluding hydrogens is 152 g/mol. The first-order valence-corrected chi connectivity index (χ1v) is 4.14. The lowest BCUT2D eigenvalue weighted by atomic mass is 10.2. The first-order valence-electron chi connectivity index (χ1n) is 2.77. The molecule has 0 atom stereocenters. The van der Waals surface area contributed by atoms with Crippen LogP contribution in [-0.2, 0) is 5.75 Å². The predicted octanol–water partition coefficient (Wildman–Crippen LogP) is 2.95. The number of halogens is 1. The van der Waals surface area contributed by atoms with Crippen LogP contribution >= 0.6 is 23.4 Å². The molecule has 9 heavy (non-hydrogen) atoms. The molecule has 0 aliphatic carbocycles. The van der Waals surface area contributed by atoms with Crippen molar-refractivity contribution in [2.75, 3.05) is 0 Å². The largest absolute Gasteiger partial charge is 0.121 e. The van der Waals surface area contributed by atoms with E-state index in [2.05, 4.69) is 6.07 Å². The Morgan fingerprint density at radius 3 is 2.78 bits per heavy atom. The third-order valence-electron chi connectivity index (χ3n) is 1.41. The summed E-state index contributed by atoms with van der Waals surface area (Å²) in [6, 6.07) is 6.05. The van der Waals surface area contributed by atoms with Gasteiger partial charge in [-0.3, -0.25) is 0 Å². The van der Waals surface area contributed by atoms with E-state index in [0.717, 1.165) is 10.8 Å². The average molecular weight is 157 g/mol.